The highest BCUT2D eigenvalue weighted by molar-refractivity contribution is 5.95. The lowest BCUT2D eigenvalue weighted by Crippen LogP contribution is -2.50. The van der Waals surface area contributed by atoms with E-state index < -0.39 is 0 Å². The number of piperazine rings is 1. The molecule has 1 aromatic heterocycles. The van der Waals surface area contributed by atoms with Crippen molar-refractivity contribution < 1.29 is 14.3 Å². The van der Waals surface area contributed by atoms with E-state index in [-0.39, 0.29) is 11.8 Å². The molecule has 1 aliphatic heterocycles. The Labute approximate surface area is 146 Å². The number of aryl methyl sites for hydroxylation is 1. The summed E-state index contributed by atoms with van der Waals surface area (Å²) in [6, 6.07) is 7.09. The molecule has 1 saturated heterocycles. The van der Waals surface area contributed by atoms with Gasteiger partial charge in [-0.05, 0) is 25.1 Å². The van der Waals surface area contributed by atoms with E-state index in [0.717, 1.165) is 5.69 Å². The van der Waals surface area contributed by atoms with Crippen LogP contribution in [0.15, 0.2) is 36.7 Å². The Hall–Kier alpha value is -2.96. The third kappa shape index (κ3) is 3.76. The van der Waals surface area contributed by atoms with Gasteiger partial charge in [0.25, 0.3) is 11.8 Å². The molecule has 0 spiro atoms. The average molecular weight is 340 g/mol. The van der Waals surface area contributed by atoms with Gasteiger partial charge in [0, 0.05) is 37.9 Å². The van der Waals surface area contributed by atoms with Crippen molar-refractivity contribution in [3.05, 3.63) is 53.6 Å². The van der Waals surface area contributed by atoms with E-state index in [4.69, 9.17) is 4.74 Å². The van der Waals surface area contributed by atoms with Crippen LogP contribution in [0.1, 0.15) is 26.5 Å². The summed E-state index contributed by atoms with van der Waals surface area (Å²) < 4.78 is 5.16. The lowest BCUT2D eigenvalue weighted by Gasteiger charge is -2.34. The zero-order chi connectivity index (χ0) is 17.8. The minimum absolute atomic E-state index is 0.0545. The number of carbonyl (C=O) groups is 2. The first-order valence-electron chi connectivity index (χ1n) is 8.10. The Morgan fingerprint density at radius 1 is 1.00 bits per heavy atom. The average Bonchev–Trinajstić information content (AvgIpc) is 2.67. The molecule has 3 rings (SSSR count). The van der Waals surface area contributed by atoms with Gasteiger partial charge >= 0.3 is 0 Å². The number of amides is 2. The summed E-state index contributed by atoms with van der Waals surface area (Å²) >= 11 is 0. The van der Waals surface area contributed by atoms with Gasteiger partial charge in [-0.1, -0.05) is 6.07 Å². The predicted octanol–water partition coefficient (Wildman–Crippen LogP) is 1.39. The highest BCUT2D eigenvalue weighted by atomic mass is 16.5. The molecule has 0 aliphatic carbocycles. The van der Waals surface area contributed by atoms with Gasteiger partial charge < -0.3 is 14.5 Å². The molecule has 2 aromatic rings. The number of carbonyl (C=O) groups excluding carboxylic acids is 2. The molecule has 130 valence electrons. The molecule has 0 unspecified atom stereocenters. The maximum atomic E-state index is 12.6. The number of hydrogen-bond donors (Lipinski definition) is 0. The molecular formula is C18H20N4O3. The summed E-state index contributed by atoms with van der Waals surface area (Å²) in [4.78, 5) is 36.7. The molecule has 0 atom stereocenters. The van der Waals surface area contributed by atoms with Crippen molar-refractivity contribution in [3.8, 4) is 5.75 Å². The number of aromatic nitrogens is 2. The van der Waals surface area contributed by atoms with Crippen molar-refractivity contribution in [2.24, 2.45) is 0 Å². The predicted molar refractivity (Wildman–Crippen MR) is 91.6 cm³/mol. The fraction of sp³-hybridized carbons (Fsp3) is 0.333. The summed E-state index contributed by atoms with van der Waals surface area (Å²) in [7, 11) is 1.57. The summed E-state index contributed by atoms with van der Waals surface area (Å²) in [5, 5.41) is 0. The summed E-state index contributed by atoms with van der Waals surface area (Å²) in [6.45, 7) is 3.75. The number of methoxy groups -OCH3 is 1. The van der Waals surface area contributed by atoms with Gasteiger partial charge in [0.2, 0.25) is 0 Å². The standard InChI is InChI=1S/C18H20N4O3/c1-13-11-20-16(12-19-13)18(24)22-8-6-21(7-9-22)17(23)14-4-3-5-15(10-14)25-2/h3-5,10-12H,6-9H2,1-2H3. The highest BCUT2D eigenvalue weighted by Crippen LogP contribution is 2.16. The molecule has 0 bridgehead atoms. The highest BCUT2D eigenvalue weighted by Gasteiger charge is 2.26. The van der Waals surface area contributed by atoms with E-state index in [0.29, 0.717) is 43.2 Å². The fourth-order valence-corrected chi connectivity index (χ4v) is 2.72. The van der Waals surface area contributed by atoms with E-state index in [1.165, 1.54) is 6.20 Å². The lowest BCUT2D eigenvalue weighted by atomic mass is 10.1. The van der Waals surface area contributed by atoms with Gasteiger partial charge in [-0.25, -0.2) is 4.98 Å². The maximum absolute atomic E-state index is 12.6. The molecular weight excluding hydrogens is 320 g/mol. The Morgan fingerprint density at radius 3 is 2.28 bits per heavy atom. The normalized spacial score (nSPS) is 14.3. The fourth-order valence-electron chi connectivity index (χ4n) is 2.72. The van der Waals surface area contributed by atoms with Crippen LogP contribution in [0.25, 0.3) is 0 Å². The van der Waals surface area contributed by atoms with Crippen LogP contribution in [-0.2, 0) is 0 Å². The Morgan fingerprint density at radius 2 is 1.68 bits per heavy atom. The van der Waals surface area contributed by atoms with Crippen LogP contribution in [0.4, 0.5) is 0 Å². The third-order valence-corrected chi connectivity index (χ3v) is 4.17. The Bertz CT molecular complexity index is 768. The number of benzene rings is 1. The molecule has 0 saturated carbocycles. The molecule has 2 heterocycles. The van der Waals surface area contributed by atoms with E-state index in [1.54, 1.807) is 47.4 Å². The third-order valence-electron chi connectivity index (χ3n) is 4.17. The minimum atomic E-state index is -0.152. The zero-order valence-corrected chi connectivity index (χ0v) is 14.3. The first-order valence-corrected chi connectivity index (χ1v) is 8.10. The quantitative estimate of drug-likeness (QED) is 0.844. The maximum Gasteiger partial charge on any atom is 0.274 e. The summed E-state index contributed by atoms with van der Waals surface area (Å²) in [5.41, 5.74) is 1.69. The monoisotopic (exact) mass is 340 g/mol. The van der Waals surface area contributed by atoms with Crippen molar-refractivity contribution in [1.82, 2.24) is 19.8 Å². The molecule has 1 fully saturated rings. The van der Waals surface area contributed by atoms with Crippen molar-refractivity contribution in [2.45, 2.75) is 6.92 Å². The minimum Gasteiger partial charge on any atom is -0.497 e. The molecule has 7 heteroatoms. The number of nitrogens with zero attached hydrogens (tertiary/aromatic N) is 4. The largest absolute Gasteiger partial charge is 0.497 e. The number of hydrogen-bond acceptors (Lipinski definition) is 5. The topological polar surface area (TPSA) is 75.6 Å². The Balaban J connectivity index is 1.62. The second-order valence-corrected chi connectivity index (χ2v) is 5.86. The molecule has 1 aromatic carbocycles. The van der Waals surface area contributed by atoms with Gasteiger partial charge in [-0.2, -0.15) is 0 Å². The first kappa shape index (κ1) is 16.9. The van der Waals surface area contributed by atoms with Crippen LogP contribution in [0, 0.1) is 6.92 Å². The van der Waals surface area contributed by atoms with Gasteiger partial charge in [0.15, 0.2) is 0 Å². The number of rotatable bonds is 3. The van der Waals surface area contributed by atoms with Crippen molar-refractivity contribution in [3.63, 3.8) is 0 Å². The smallest absolute Gasteiger partial charge is 0.274 e. The van der Waals surface area contributed by atoms with Gasteiger partial charge in [-0.15, -0.1) is 0 Å². The molecule has 25 heavy (non-hydrogen) atoms. The summed E-state index contributed by atoms with van der Waals surface area (Å²) in [5.74, 6) is 0.444. The van der Waals surface area contributed by atoms with Gasteiger partial charge in [-0.3, -0.25) is 14.6 Å². The van der Waals surface area contributed by atoms with Crippen LogP contribution >= 0.6 is 0 Å². The van der Waals surface area contributed by atoms with E-state index in [1.807, 2.05) is 6.92 Å². The first-order chi connectivity index (χ1) is 12.1. The van der Waals surface area contributed by atoms with E-state index in [2.05, 4.69) is 9.97 Å². The molecule has 0 N–H and O–H groups in total. The second-order valence-electron chi connectivity index (χ2n) is 5.86. The van der Waals surface area contributed by atoms with Crippen LogP contribution in [-0.4, -0.2) is 64.9 Å². The van der Waals surface area contributed by atoms with E-state index >= 15 is 0 Å². The molecule has 1 aliphatic rings. The Kier molecular flexibility index (Phi) is 4.92. The van der Waals surface area contributed by atoms with Crippen molar-refractivity contribution in [1.29, 1.82) is 0 Å². The molecule has 0 radical (unpaired) electrons. The van der Waals surface area contributed by atoms with Gasteiger partial charge in [0.05, 0.1) is 19.0 Å². The van der Waals surface area contributed by atoms with Gasteiger partial charge in [0.1, 0.15) is 11.4 Å². The van der Waals surface area contributed by atoms with Crippen LogP contribution in [0.5, 0.6) is 5.75 Å². The molecule has 7 nitrogen and oxygen atoms in total. The van der Waals surface area contributed by atoms with Crippen LogP contribution in [0.2, 0.25) is 0 Å². The second kappa shape index (κ2) is 7.29. The number of ether oxygens (including phenoxy) is 1. The summed E-state index contributed by atoms with van der Waals surface area (Å²) in [6.07, 6.45) is 3.07. The van der Waals surface area contributed by atoms with Crippen LogP contribution in [0.3, 0.4) is 0 Å². The molecule has 2 amide bonds. The SMILES string of the molecule is COc1cccc(C(=O)N2CCN(C(=O)c3cnc(C)cn3)CC2)c1. The van der Waals surface area contributed by atoms with Crippen molar-refractivity contribution >= 4 is 11.8 Å². The zero-order valence-electron chi connectivity index (χ0n) is 14.3. The lowest BCUT2D eigenvalue weighted by molar-refractivity contribution is 0.0532. The van der Waals surface area contributed by atoms with Crippen molar-refractivity contribution in [2.75, 3.05) is 33.3 Å². The van der Waals surface area contributed by atoms with E-state index in [9.17, 15) is 9.59 Å². The van der Waals surface area contributed by atoms with Crippen LogP contribution < -0.4 is 4.74 Å².